The van der Waals surface area contributed by atoms with Crippen molar-refractivity contribution in [1.82, 2.24) is 24.9 Å². The zero-order valence-corrected chi connectivity index (χ0v) is 40.6. The van der Waals surface area contributed by atoms with Gasteiger partial charge in [0.05, 0.1) is 16.8 Å². The van der Waals surface area contributed by atoms with Gasteiger partial charge in [-0.05, 0) is 102 Å². The van der Waals surface area contributed by atoms with Crippen LogP contribution in [-0.4, -0.2) is 24.9 Å². The van der Waals surface area contributed by atoms with Crippen LogP contribution in [0.25, 0.3) is 90.3 Å². The van der Waals surface area contributed by atoms with Crippen molar-refractivity contribution in [2.75, 3.05) is 0 Å². The van der Waals surface area contributed by atoms with E-state index in [1.807, 2.05) is 42.5 Å². The molecule has 1 spiro atoms. The lowest BCUT2D eigenvalue weighted by Crippen LogP contribution is -2.27. The molecule has 12 aromatic rings. The molecule has 348 valence electrons. The minimum atomic E-state index is -0.407. The van der Waals surface area contributed by atoms with Crippen LogP contribution < -0.4 is 0 Å². The quantitative estimate of drug-likeness (QED) is 0.166. The molecule has 2 unspecified atom stereocenters. The molecule has 75 heavy (non-hydrogen) atoms. The Kier molecular flexibility index (Phi) is 9.01. The fraction of sp³-hybridized carbons (Fsp3) is 0.0429. The van der Waals surface area contributed by atoms with E-state index in [-0.39, 0.29) is 11.8 Å². The first-order valence-electron chi connectivity index (χ1n) is 25.8. The third-order valence-electron chi connectivity index (χ3n) is 16.3. The number of nitrogens with zero attached hydrogens (tertiary/aromatic N) is 5. The molecule has 5 aliphatic carbocycles. The molecule has 0 aliphatic heterocycles. The summed E-state index contributed by atoms with van der Waals surface area (Å²) >= 11 is 0. The standard InChI is InChI=1S/C70H43N5/c1-4-18-42(19-5-1)66-71-62(41-63(72-66)46-34-37-61-55(38-46)50-26-14-17-31-60(50)70(61)58-29-15-12-24-48(58)49-25-13-16-30-59(49)70)45-32-35-53-56(39-45)64-51-27-10-11-28-52(51)65(53)57-40-47(33-36-54(57)64)69-74-67(43-20-6-2-7-21-43)73-68(75-69)44-22-8-3-9-23-44/h1-41,64-65H. The van der Waals surface area contributed by atoms with Gasteiger partial charge in [0.25, 0.3) is 0 Å². The Labute approximate surface area is 434 Å². The molecule has 0 fully saturated rings. The summed E-state index contributed by atoms with van der Waals surface area (Å²) in [7, 11) is 0. The number of fused-ring (bicyclic) bond motifs is 10. The van der Waals surface area contributed by atoms with Crippen molar-refractivity contribution in [3.8, 4) is 90.3 Å². The van der Waals surface area contributed by atoms with Crippen molar-refractivity contribution in [3.05, 3.63) is 304 Å². The molecular formula is C70H43N5. The highest BCUT2D eigenvalue weighted by atomic mass is 15.0. The Morgan fingerprint density at radius 1 is 0.227 bits per heavy atom. The minimum absolute atomic E-state index is 0.0337. The third-order valence-corrected chi connectivity index (χ3v) is 16.3. The van der Waals surface area contributed by atoms with Gasteiger partial charge in [-0.15, -0.1) is 0 Å². The number of hydrogen-bond acceptors (Lipinski definition) is 5. The second kappa shape index (κ2) is 16.1. The molecule has 0 radical (unpaired) electrons. The Morgan fingerprint density at radius 3 is 1.08 bits per heavy atom. The molecule has 2 atom stereocenters. The summed E-state index contributed by atoms with van der Waals surface area (Å²) < 4.78 is 0. The lowest BCUT2D eigenvalue weighted by Gasteiger charge is -2.42. The number of aromatic nitrogens is 5. The van der Waals surface area contributed by atoms with Crippen LogP contribution in [0, 0.1) is 0 Å². The van der Waals surface area contributed by atoms with Crippen molar-refractivity contribution in [1.29, 1.82) is 0 Å². The van der Waals surface area contributed by atoms with Gasteiger partial charge in [0.15, 0.2) is 23.3 Å². The van der Waals surface area contributed by atoms with Gasteiger partial charge >= 0.3 is 0 Å². The molecule has 0 N–H and O–H groups in total. The average molecular weight is 954 g/mol. The maximum atomic E-state index is 5.39. The fourth-order valence-electron chi connectivity index (χ4n) is 13.2. The second-order valence-corrected chi connectivity index (χ2v) is 20.2. The van der Waals surface area contributed by atoms with E-state index in [0.29, 0.717) is 23.3 Å². The lowest BCUT2D eigenvalue weighted by molar-refractivity contribution is 0.754. The molecule has 2 bridgehead atoms. The third kappa shape index (κ3) is 6.16. The van der Waals surface area contributed by atoms with Gasteiger partial charge in [-0.25, -0.2) is 24.9 Å². The molecule has 5 aliphatic rings. The zero-order valence-electron chi connectivity index (χ0n) is 40.6. The predicted molar refractivity (Wildman–Crippen MR) is 299 cm³/mol. The zero-order chi connectivity index (χ0) is 49.2. The van der Waals surface area contributed by atoms with Crippen molar-refractivity contribution in [2.45, 2.75) is 17.3 Å². The van der Waals surface area contributed by atoms with Crippen LogP contribution in [-0.2, 0) is 5.41 Å². The molecular weight excluding hydrogens is 911 g/mol. The molecule has 5 nitrogen and oxygen atoms in total. The first-order chi connectivity index (χ1) is 37.2. The van der Waals surface area contributed by atoms with Crippen LogP contribution in [0.3, 0.4) is 0 Å². The van der Waals surface area contributed by atoms with Crippen LogP contribution in [0.1, 0.15) is 67.5 Å². The molecule has 5 heteroatoms. The van der Waals surface area contributed by atoms with Crippen molar-refractivity contribution < 1.29 is 0 Å². The fourth-order valence-corrected chi connectivity index (χ4v) is 13.2. The lowest BCUT2D eigenvalue weighted by atomic mass is 9.60. The van der Waals surface area contributed by atoms with Gasteiger partial charge < -0.3 is 0 Å². The van der Waals surface area contributed by atoms with Gasteiger partial charge in [-0.3, -0.25) is 0 Å². The predicted octanol–water partition coefficient (Wildman–Crippen LogP) is 16.0. The highest BCUT2D eigenvalue weighted by Gasteiger charge is 2.51. The van der Waals surface area contributed by atoms with Gasteiger partial charge in [-0.2, -0.15) is 0 Å². The number of benzene rings is 10. The number of hydrogen-bond donors (Lipinski definition) is 0. The first-order valence-corrected chi connectivity index (χ1v) is 25.8. The highest BCUT2D eigenvalue weighted by Crippen LogP contribution is 2.63. The SMILES string of the molecule is c1ccc(-c2nc(-c3ccc4c(c3)-c3ccccc3C43c4ccccc4-c4ccccc43)cc(-c3ccc4c(c3)C3c5ccccc5C4c4cc(-c5nc(-c6ccccc6)nc(-c6ccccc6)n5)ccc43)n2)cc1. The van der Waals surface area contributed by atoms with Gasteiger partial charge in [0, 0.05) is 45.2 Å². The first kappa shape index (κ1) is 41.9. The normalized spacial score (nSPS) is 15.3. The summed E-state index contributed by atoms with van der Waals surface area (Å²) in [4.78, 5) is 26.0. The van der Waals surface area contributed by atoms with E-state index in [1.54, 1.807) is 0 Å². The Balaban J connectivity index is 0.827. The summed E-state index contributed by atoms with van der Waals surface area (Å²) in [5.41, 5.74) is 25.7. The van der Waals surface area contributed by atoms with E-state index in [1.165, 1.54) is 77.9 Å². The smallest absolute Gasteiger partial charge is 0.164 e. The molecule has 17 rings (SSSR count). The van der Waals surface area contributed by atoms with Crippen molar-refractivity contribution >= 4 is 0 Å². The van der Waals surface area contributed by atoms with E-state index >= 15 is 0 Å². The summed E-state index contributed by atoms with van der Waals surface area (Å²) in [6, 6.07) is 89.8. The van der Waals surface area contributed by atoms with E-state index < -0.39 is 5.41 Å². The van der Waals surface area contributed by atoms with Gasteiger partial charge in [-0.1, -0.05) is 224 Å². The summed E-state index contributed by atoms with van der Waals surface area (Å²) in [6.45, 7) is 0. The van der Waals surface area contributed by atoms with E-state index in [9.17, 15) is 0 Å². The van der Waals surface area contributed by atoms with Crippen LogP contribution in [0.5, 0.6) is 0 Å². The molecule has 0 amide bonds. The largest absolute Gasteiger partial charge is 0.228 e. The van der Waals surface area contributed by atoms with E-state index in [4.69, 9.17) is 24.9 Å². The van der Waals surface area contributed by atoms with Crippen LogP contribution >= 0.6 is 0 Å². The van der Waals surface area contributed by atoms with Gasteiger partial charge in [0.1, 0.15) is 0 Å². The second-order valence-electron chi connectivity index (χ2n) is 20.2. The number of rotatable bonds is 6. The highest BCUT2D eigenvalue weighted by molar-refractivity contribution is 5.96. The van der Waals surface area contributed by atoms with Crippen LogP contribution in [0.4, 0.5) is 0 Å². The van der Waals surface area contributed by atoms with Crippen molar-refractivity contribution in [3.63, 3.8) is 0 Å². The molecule has 0 saturated carbocycles. The summed E-state index contributed by atoms with van der Waals surface area (Å²) in [5.74, 6) is 2.74. The molecule has 2 heterocycles. The Hall–Kier alpha value is -9.71. The average Bonchev–Trinajstić information content (AvgIpc) is 4.16. The minimum Gasteiger partial charge on any atom is -0.228 e. The summed E-state index contributed by atoms with van der Waals surface area (Å²) in [6.07, 6.45) is 0. The topological polar surface area (TPSA) is 64.5 Å². The van der Waals surface area contributed by atoms with Crippen molar-refractivity contribution in [2.24, 2.45) is 0 Å². The Morgan fingerprint density at radius 2 is 0.573 bits per heavy atom. The van der Waals surface area contributed by atoms with E-state index in [2.05, 4.69) is 206 Å². The summed E-state index contributed by atoms with van der Waals surface area (Å²) in [5, 5.41) is 0. The van der Waals surface area contributed by atoms with Crippen LogP contribution in [0.2, 0.25) is 0 Å². The molecule has 2 aromatic heterocycles. The molecule has 10 aromatic carbocycles. The van der Waals surface area contributed by atoms with E-state index in [0.717, 1.165) is 44.8 Å². The maximum Gasteiger partial charge on any atom is 0.164 e. The van der Waals surface area contributed by atoms with Gasteiger partial charge in [0.2, 0.25) is 0 Å². The van der Waals surface area contributed by atoms with Crippen LogP contribution in [0.15, 0.2) is 249 Å². The maximum absolute atomic E-state index is 5.39. The molecule has 0 saturated heterocycles. The Bertz CT molecular complexity index is 4210. The monoisotopic (exact) mass is 953 g/mol.